The molecule has 0 spiro atoms. The van der Waals surface area contributed by atoms with Crippen molar-refractivity contribution in [2.45, 2.75) is 31.4 Å². The van der Waals surface area contributed by atoms with Gasteiger partial charge in [0, 0.05) is 6.20 Å². The van der Waals surface area contributed by atoms with Gasteiger partial charge in [-0.15, -0.1) is 0 Å². The lowest BCUT2D eigenvalue weighted by atomic mass is 9.76. The number of amides is 1. The molecule has 0 bridgehead atoms. The third-order valence-corrected chi connectivity index (χ3v) is 4.22. The van der Waals surface area contributed by atoms with Crippen LogP contribution in [0.15, 0.2) is 48.7 Å². The number of hydrogen-bond acceptors (Lipinski definition) is 4. The Balaban J connectivity index is 1.69. The Morgan fingerprint density at radius 1 is 1.26 bits per heavy atom. The van der Waals surface area contributed by atoms with Gasteiger partial charge in [0.25, 0.3) is 0 Å². The highest BCUT2D eigenvalue weighted by Crippen LogP contribution is 2.37. The number of carbonyl (C=O) groups excluding carboxylic acids is 1. The van der Waals surface area contributed by atoms with Gasteiger partial charge in [-0.2, -0.15) is 0 Å². The first-order valence-corrected chi connectivity index (χ1v) is 7.78. The molecule has 1 aliphatic carbocycles. The van der Waals surface area contributed by atoms with Crippen molar-refractivity contribution in [3.05, 3.63) is 59.9 Å². The summed E-state index contributed by atoms with van der Waals surface area (Å²) in [4.78, 5) is 16.7. The quantitative estimate of drug-likeness (QED) is 0.788. The molecule has 3 N–H and O–H groups in total. The molecule has 3 rings (SSSR count). The average molecular weight is 312 g/mol. The fraction of sp³-hybridized carbons (Fsp3) is 0.333. The topological polar surface area (TPSA) is 82.5 Å². The lowest BCUT2D eigenvalue weighted by Gasteiger charge is -2.37. The number of rotatable bonds is 5. The van der Waals surface area contributed by atoms with E-state index in [0.717, 1.165) is 11.3 Å². The smallest absolute Gasteiger partial charge is 0.224 e. The summed E-state index contributed by atoms with van der Waals surface area (Å²) in [5.41, 5.74) is 1.57. The van der Waals surface area contributed by atoms with Gasteiger partial charge in [-0.25, -0.2) is 0 Å². The molecule has 120 valence electrons. The SMILES string of the molecule is O=C(Cc1cccc(O)c1)NC(c1ccccn1)C1CC(O)C1. The van der Waals surface area contributed by atoms with E-state index in [1.165, 1.54) is 0 Å². The van der Waals surface area contributed by atoms with Crippen molar-refractivity contribution in [3.63, 3.8) is 0 Å². The molecular formula is C18H20N2O3. The van der Waals surface area contributed by atoms with Crippen LogP contribution in [0, 0.1) is 5.92 Å². The summed E-state index contributed by atoms with van der Waals surface area (Å²) in [5.74, 6) is 0.236. The molecule has 0 radical (unpaired) electrons. The summed E-state index contributed by atoms with van der Waals surface area (Å²) in [6.07, 6.45) is 2.97. The largest absolute Gasteiger partial charge is 0.508 e. The number of nitrogens with zero attached hydrogens (tertiary/aromatic N) is 1. The van der Waals surface area contributed by atoms with Crippen molar-refractivity contribution in [2.24, 2.45) is 5.92 Å². The molecule has 23 heavy (non-hydrogen) atoms. The number of aromatic hydroxyl groups is 1. The predicted octanol–water partition coefficient (Wildman–Crippen LogP) is 1.96. The maximum absolute atomic E-state index is 12.4. The van der Waals surface area contributed by atoms with E-state index in [1.807, 2.05) is 24.3 Å². The summed E-state index contributed by atoms with van der Waals surface area (Å²) in [7, 11) is 0. The minimum atomic E-state index is -0.283. The van der Waals surface area contributed by atoms with E-state index in [9.17, 15) is 15.0 Å². The van der Waals surface area contributed by atoms with Crippen LogP contribution in [0.3, 0.4) is 0 Å². The highest BCUT2D eigenvalue weighted by atomic mass is 16.3. The summed E-state index contributed by atoms with van der Waals surface area (Å²) < 4.78 is 0. The number of phenols is 1. The van der Waals surface area contributed by atoms with Crippen molar-refractivity contribution in [3.8, 4) is 5.75 Å². The van der Waals surface area contributed by atoms with Crippen molar-refractivity contribution in [1.82, 2.24) is 10.3 Å². The molecule has 1 unspecified atom stereocenters. The number of phenolic OH excluding ortho intramolecular Hbond substituents is 1. The number of carbonyl (C=O) groups is 1. The van der Waals surface area contributed by atoms with Crippen LogP contribution in [-0.4, -0.2) is 27.2 Å². The number of nitrogens with one attached hydrogen (secondary N) is 1. The number of aliphatic hydroxyl groups is 1. The standard InChI is InChI=1S/C18H20N2O3/c21-14-5-3-4-12(8-14)9-17(23)20-18(13-10-15(22)11-13)16-6-1-2-7-19-16/h1-8,13,15,18,21-22H,9-11H2,(H,20,23). The van der Waals surface area contributed by atoms with Gasteiger partial charge >= 0.3 is 0 Å². The van der Waals surface area contributed by atoms with E-state index >= 15 is 0 Å². The van der Waals surface area contributed by atoms with Crippen LogP contribution in [-0.2, 0) is 11.2 Å². The predicted molar refractivity (Wildman–Crippen MR) is 85.7 cm³/mol. The molecule has 1 aliphatic rings. The molecule has 0 aliphatic heterocycles. The first-order chi connectivity index (χ1) is 11.1. The number of aromatic nitrogens is 1. The molecule has 5 heteroatoms. The summed E-state index contributed by atoms with van der Waals surface area (Å²) >= 11 is 0. The number of aliphatic hydroxyl groups excluding tert-OH is 1. The molecule has 2 aromatic rings. The Morgan fingerprint density at radius 3 is 2.74 bits per heavy atom. The van der Waals surface area contributed by atoms with Crippen LogP contribution in [0.25, 0.3) is 0 Å². The number of pyridine rings is 1. The minimum absolute atomic E-state index is 0.118. The van der Waals surface area contributed by atoms with Crippen molar-refractivity contribution < 1.29 is 15.0 Å². The fourth-order valence-electron chi connectivity index (χ4n) is 2.97. The number of benzene rings is 1. The third kappa shape index (κ3) is 3.87. The van der Waals surface area contributed by atoms with Crippen LogP contribution in [0.2, 0.25) is 0 Å². The summed E-state index contributed by atoms with van der Waals surface area (Å²) in [5, 5.41) is 22.1. The highest BCUT2D eigenvalue weighted by molar-refractivity contribution is 5.79. The molecule has 0 saturated heterocycles. The van der Waals surface area contributed by atoms with Gasteiger partial charge in [0.15, 0.2) is 0 Å². The zero-order valence-corrected chi connectivity index (χ0v) is 12.7. The van der Waals surface area contributed by atoms with Crippen LogP contribution in [0.4, 0.5) is 0 Å². The zero-order valence-electron chi connectivity index (χ0n) is 12.7. The molecule has 1 aromatic heterocycles. The number of hydrogen-bond donors (Lipinski definition) is 3. The van der Waals surface area contributed by atoms with Crippen molar-refractivity contribution >= 4 is 5.91 Å². The van der Waals surface area contributed by atoms with Gasteiger partial charge in [-0.3, -0.25) is 9.78 Å². The fourth-order valence-corrected chi connectivity index (χ4v) is 2.97. The van der Waals surface area contributed by atoms with Gasteiger partial charge < -0.3 is 15.5 Å². The second-order valence-corrected chi connectivity index (χ2v) is 6.03. The van der Waals surface area contributed by atoms with Crippen molar-refractivity contribution in [2.75, 3.05) is 0 Å². The molecule has 5 nitrogen and oxygen atoms in total. The summed E-state index contributed by atoms with van der Waals surface area (Å²) in [6.45, 7) is 0. The molecule has 1 amide bonds. The average Bonchev–Trinajstić information content (AvgIpc) is 2.51. The van der Waals surface area contributed by atoms with E-state index in [2.05, 4.69) is 10.3 Å². The summed E-state index contributed by atoms with van der Waals surface area (Å²) in [6, 6.07) is 12.1. The van der Waals surface area contributed by atoms with E-state index in [1.54, 1.807) is 24.4 Å². The van der Waals surface area contributed by atoms with Gasteiger partial charge in [-0.05, 0) is 48.6 Å². The maximum atomic E-state index is 12.4. The Labute approximate surface area is 135 Å². The Bertz CT molecular complexity index is 669. The first-order valence-electron chi connectivity index (χ1n) is 7.78. The van der Waals surface area contributed by atoms with E-state index in [4.69, 9.17) is 0 Å². The third-order valence-electron chi connectivity index (χ3n) is 4.22. The van der Waals surface area contributed by atoms with Gasteiger partial charge in [0.05, 0.1) is 24.3 Å². The Morgan fingerprint density at radius 2 is 2.09 bits per heavy atom. The molecule has 1 aromatic carbocycles. The van der Waals surface area contributed by atoms with Crippen LogP contribution < -0.4 is 5.32 Å². The van der Waals surface area contributed by atoms with E-state index in [0.29, 0.717) is 12.8 Å². The monoisotopic (exact) mass is 312 g/mol. The maximum Gasteiger partial charge on any atom is 0.224 e. The normalized spacial score (nSPS) is 21.3. The van der Waals surface area contributed by atoms with Crippen molar-refractivity contribution in [1.29, 1.82) is 0 Å². The van der Waals surface area contributed by atoms with Crippen LogP contribution >= 0.6 is 0 Å². The highest BCUT2D eigenvalue weighted by Gasteiger charge is 2.36. The second kappa shape index (κ2) is 6.79. The molecule has 1 saturated carbocycles. The zero-order chi connectivity index (χ0) is 16.2. The molecule has 1 fully saturated rings. The van der Waals surface area contributed by atoms with Gasteiger partial charge in [0.1, 0.15) is 5.75 Å². The second-order valence-electron chi connectivity index (χ2n) is 6.03. The molecular weight excluding hydrogens is 292 g/mol. The lowest BCUT2D eigenvalue weighted by Crippen LogP contribution is -2.42. The first kappa shape index (κ1) is 15.5. The van der Waals surface area contributed by atoms with Gasteiger partial charge in [0.2, 0.25) is 5.91 Å². The minimum Gasteiger partial charge on any atom is -0.508 e. The Kier molecular flexibility index (Phi) is 4.57. The van der Waals surface area contributed by atoms with Crippen LogP contribution in [0.5, 0.6) is 5.75 Å². The Hall–Kier alpha value is -2.40. The van der Waals surface area contributed by atoms with E-state index < -0.39 is 0 Å². The molecule has 1 atom stereocenters. The van der Waals surface area contributed by atoms with Gasteiger partial charge in [-0.1, -0.05) is 18.2 Å². The molecule has 1 heterocycles. The lowest BCUT2D eigenvalue weighted by molar-refractivity contribution is -0.122. The van der Waals surface area contributed by atoms with Crippen LogP contribution in [0.1, 0.15) is 30.1 Å². The van der Waals surface area contributed by atoms with E-state index in [-0.39, 0.29) is 36.1 Å².